The molecule has 118 valence electrons. The van der Waals surface area contributed by atoms with Crippen LogP contribution in [0.5, 0.6) is 0 Å². The van der Waals surface area contributed by atoms with Crippen molar-refractivity contribution in [3.05, 3.63) is 29.8 Å². The van der Waals surface area contributed by atoms with Crippen molar-refractivity contribution in [2.45, 2.75) is 50.5 Å². The van der Waals surface area contributed by atoms with Gasteiger partial charge in [0.15, 0.2) is 0 Å². The summed E-state index contributed by atoms with van der Waals surface area (Å²) in [5, 5.41) is 3.37. The maximum atomic E-state index is 12.2. The zero-order chi connectivity index (χ0) is 15.3. The molecule has 2 N–H and O–H groups in total. The summed E-state index contributed by atoms with van der Waals surface area (Å²) in [7, 11) is -3.34. The van der Waals surface area contributed by atoms with Crippen LogP contribution in [0.25, 0.3) is 0 Å². The first-order chi connectivity index (χ1) is 10.0. The summed E-state index contributed by atoms with van der Waals surface area (Å²) in [6.45, 7) is 6.28. The maximum Gasteiger partial charge on any atom is 0.240 e. The first kappa shape index (κ1) is 16.5. The van der Waals surface area contributed by atoms with E-state index in [1.165, 1.54) is 5.56 Å². The Morgan fingerprint density at radius 3 is 2.43 bits per heavy atom. The first-order valence-corrected chi connectivity index (χ1v) is 9.33. The average molecular weight is 310 g/mol. The third-order valence-electron chi connectivity index (χ3n) is 3.90. The standard InChI is InChI=1S/C16H26N2O2S/c1-3-10-17-11-4-5-14-6-8-15(9-7-14)21(19,20)18-16-12-13(16)2/h6-9,13,16-18H,3-5,10-12H2,1-2H3. The molecule has 2 rings (SSSR count). The molecule has 1 fully saturated rings. The van der Waals surface area contributed by atoms with E-state index in [4.69, 9.17) is 0 Å². The van der Waals surface area contributed by atoms with Gasteiger partial charge < -0.3 is 5.32 Å². The van der Waals surface area contributed by atoms with Crippen LogP contribution >= 0.6 is 0 Å². The molecule has 21 heavy (non-hydrogen) atoms. The number of aryl methyl sites for hydroxylation is 1. The molecule has 1 aromatic carbocycles. The quantitative estimate of drug-likeness (QED) is 0.688. The minimum Gasteiger partial charge on any atom is -0.317 e. The van der Waals surface area contributed by atoms with Crippen LogP contribution in [0.4, 0.5) is 0 Å². The average Bonchev–Trinajstić information content (AvgIpc) is 3.13. The Hall–Kier alpha value is -0.910. The normalized spacial score (nSPS) is 21.4. The van der Waals surface area contributed by atoms with E-state index < -0.39 is 10.0 Å². The number of benzene rings is 1. The summed E-state index contributed by atoms with van der Waals surface area (Å²) >= 11 is 0. The number of nitrogens with one attached hydrogen (secondary N) is 2. The molecule has 0 aromatic heterocycles. The van der Waals surface area contributed by atoms with Gasteiger partial charge in [0, 0.05) is 6.04 Å². The van der Waals surface area contributed by atoms with E-state index in [-0.39, 0.29) is 6.04 Å². The van der Waals surface area contributed by atoms with Crippen LogP contribution in [0.1, 0.15) is 38.7 Å². The fraction of sp³-hybridized carbons (Fsp3) is 0.625. The summed E-state index contributed by atoms with van der Waals surface area (Å²) in [6.07, 6.45) is 4.15. The van der Waals surface area contributed by atoms with E-state index in [9.17, 15) is 8.42 Å². The van der Waals surface area contributed by atoms with Gasteiger partial charge in [0.1, 0.15) is 0 Å². The molecule has 2 unspecified atom stereocenters. The van der Waals surface area contributed by atoms with Gasteiger partial charge >= 0.3 is 0 Å². The van der Waals surface area contributed by atoms with Gasteiger partial charge in [-0.3, -0.25) is 0 Å². The molecule has 0 saturated heterocycles. The Labute approximate surface area is 128 Å². The second-order valence-corrected chi connectivity index (χ2v) is 7.65. The van der Waals surface area contributed by atoms with E-state index in [0.717, 1.165) is 38.8 Å². The fourth-order valence-corrected chi connectivity index (χ4v) is 3.67. The number of sulfonamides is 1. The molecule has 1 saturated carbocycles. The third kappa shape index (κ3) is 5.09. The highest BCUT2D eigenvalue weighted by molar-refractivity contribution is 7.89. The SMILES string of the molecule is CCCNCCCc1ccc(S(=O)(=O)NC2CC2C)cc1. The molecule has 1 aliphatic rings. The van der Waals surface area contributed by atoms with Gasteiger partial charge in [0.05, 0.1) is 4.90 Å². The van der Waals surface area contributed by atoms with Gasteiger partial charge in [0.25, 0.3) is 0 Å². The van der Waals surface area contributed by atoms with Crippen LogP contribution in [0.15, 0.2) is 29.2 Å². The van der Waals surface area contributed by atoms with Crippen LogP contribution in [-0.2, 0) is 16.4 Å². The van der Waals surface area contributed by atoms with Crippen LogP contribution in [0.2, 0.25) is 0 Å². The van der Waals surface area contributed by atoms with Crippen LogP contribution in [0.3, 0.4) is 0 Å². The molecular formula is C16H26N2O2S. The van der Waals surface area contributed by atoms with Crippen molar-refractivity contribution in [2.24, 2.45) is 5.92 Å². The van der Waals surface area contributed by atoms with Crippen LogP contribution in [0, 0.1) is 5.92 Å². The Morgan fingerprint density at radius 1 is 1.19 bits per heavy atom. The van der Waals surface area contributed by atoms with Gasteiger partial charge in [-0.05, 0) is 62.4 Å². The molecule has 1 aromatic rings. The van der Waals surface area contributed by atoms with Crippen molar-refractivity contribution < 1.29 is 8.42 Å². The summed E-state index contributed by atoms with van der Waals surface area (Å²) in [5.41, 5.74) is 1.19. The van der Waals surface area contributed by atoms with Gasteiger partial charge in [-0.2, -0.15) is 0 Å². The molecular weight excluding hydrogens is 284 g/mol. The first-order valence-electron chi connectivity index (χ1n) is 7.85. The predicted octanol–water partition coefficient (Wildman–Crippen LogP) is 2.31. The van der Waals surface area contributed by atoms with Crippen molar-refractivity contribution in [1.29, 1.82) is 0 Å². The van der Waals surface area contributed by atoms with Crippen LogP contribution < -0.4 is 10.0 Å². The third-order valence-corrected chi connectivity index (χ3v) is 5.40. The Balaban J connectivity index is 1.83. The zero-order valence-corrected chi connectivity index (χ0v) is 13.7. The second-order valence-electron chi connectivity index (χ2n) is 5.94. The summed E-state index contributed by atoms with van der Waals surface area (Å²) in [5.74, 6) is 0.467. The van der Waals surface area contributed by atoms with Gasteiger partial charge in [-0.15, -0.1) is 0 Å². The zero-order valence-electron chi connectivity index (χ0n) is 12.9. The molecule has 2 atom stereocenters. The van der Waals surface area contributed by atoms with E-state index in [1.807, 2.05) is 12.1 Å². The maximum absolute atomic E-state index is 12.2. The number of hydrogen-bond donors (Lipinski definition) is 2. The Morgan fingerprint density at radius 2 is 1.86 bits per heavy atom. The lowest BCUT2D eigenvalue weighted by molar-refractivity contribution is 0.578. The molecule has 0 spiro atoms. The van der Waals surface area contributed by atoms with Crippen molar-refractivity contribution in [3.63, 3.8) is 0 Å². The minimum absolute atomic E-state index is 0.124. The van der Waals surface area contributed by atoms with Gasteiger partial charge in [-0.1, -0.05) is 26.0 Å². The van der Waals surface area contributed by atoms with Crippen molar-refractivity contribution in [3.8, 4) is 0 Å². The van der Waals surface area contributed by atoms with E-state index in [0.29, 0.717) is 10.8 Å². The summed E-state index contributed by atoms with van der Waals surface area (Å²) < 4.78 is 27.0. The largest absolute Gasteiger partial charge is 0.317 e. The lowest BCUT2D eigenvalue weighted by atomic mass is 10.1. The van der Waals surface area contributed by atoms with E-state index in [2.05, 4.69) is 23.9 Å². The van der Waals surface area contributed by atoms with Crippen molar-refractivity contribution in [2.75, 3.05) is 13.1 Å². The molecule has 0 amide bonds. The van der Waals surface area contributed by atoms with Crippen LogP contribution in [-0.4, -0.2) is 27.5 Å². The van der Waals surface area contributed by atoms with E-state index in [1.54, 1.807) is 12.1 Å². The van der Waals surface area contributed by atoms with Gasteiger partial charge in [-0.25, -0.2) is 13.1 Å². The predicted molar refractivity (Wildman–Crippen MR) is 85.8 cm³/mol. The smallest absolute Gasteiger partial charge is 0.240 e. The highest BCUT2D eigenvalue weighted by Gasteiger charge is 2.36. The molecule has 5 heteroatoms. The highest BCUT2D eigenvalue weighted by Crippen LogP contribution is 2.30. The van der Waals surface area contributed by atoms with Crippen molar-refractivity contribution >= 4 is 10.0 Å². The molecule has 1 aliphatic carbocycles. The molecule has 4 nitrogen and oxygen atoms in total. The fourth-order valence-electron chi connectivity index (χ4n) is 2.31. The number of rotatable bonds is 9. The molecule has 0 heterocycles. The highest BCUT2D eigenvalue weighted by atomic mass is 32.2. The number of hydrogen-bond acceptors (Lipinski definition) is 3. The monoisotopic (exact) mass is 310 g/mol. The summed E-state index contributed by atoms with van der Waals surface area (Å²) in [4.78, 5) is 0.370. The topological polar surface area (TPSA) is 58.2 Å². The van der Waals surface area contributed by atoms with E-state index >= 15 is 0 Å². The molecule has 0 bridgehead atoms. The lowest BCUT2D eigenvalue weighted by Crippen LogP contribution is -2.26. The van der Waals surface area contributed by atoms with Crippen molar-refractivity contribution in [1.82, 2.24) is 10.0 Å². The van der Waals surface area contributed by atoms with Gasteiger partial charge in [0.2, 0.25) is 10.0 Å². The minimum atomic E-state index is -3.34. The lowest BCUT2D eigenvalue weighted by Gasteiger charge is -2.07. The Bertz CT molecular complexity index is 540. The molecule has 0 radical (unpaired) electrons. The Kier molecular flexibility index (Phi) is 5.79. The summed E-state index contributed by atoms with van der Waals surface area (Å²) in [6, 6.07) is 7.39. The molecule has 0 aliphatic heterocycles. The second kappa shape index (κ2) is 7.38.